The second-order valence-corrected chi connectivity index (χ2v) is 10.6. The van der Waals surface area contributed by atoms with Crippen LogP contribution in [0, 0.1) is 18.3 Å². The van der Waals surface area contributed by atoms with E-state index in [2.05, 4.69) is 10.6 Å². The SMILES string of the molecule is CCCC(C)NC(=O)C(c1cccc(C)c1)N(CC#N)C(=O)C(CCSC)NC(=O)OC(C)(C)C. The number of hydrogen-bond donors (Lipinski definition) is 2. The molecule has 3 unspecified atom stereocenters. The van der Waals surface area contributed by atoms with Crippen molar-refractivity contribution in [3.63, 3.8) is 0 Å². The van der Waals surface area contributed by atoms with Crippen LogP contribution in [-0.2, 0) is 14.3 Å². The Hall–Kier alpha value is -2.73. The first-order chi connectivity index (χ1) is 16.4. The van der Waals surface area contributed by atoms with Crippen molar-refractivity contribution >= 4 is 29.7 Å². The summed E-state index contributed by atoms with van der Waals surface area (Å²) in [5, 5.41) is 15.2. The minimum atomic E-state index is -1.02. The molecular formula is C26H40N4O4S. The minimum absolute atomic E-state index is 0.0916. The molecule has 1 rings (SSSR count). The summed E-state index contributed by atoms with van der Waals surface area (Å²) in [5.41, 5.74) is 0.802. The zero-order valence-electron chi connectivity index (χ0n) is 22.0. The zero-order valence-corrected chi connectivity index (χ0v) is 22.8. The van der Waals surface area contributed by atoms with Crippen molar-refractivity contribution in [2.24, 2.45) is 0 Å². The zero-order chi connectivity index (χ0) is 26.6. The van der Waals surface area contributed by atoms with Gasteiger partial charge in [-0.05, 0) is 65.0 Å². The van der Waals surface area contributed by atoms with Gasteiger partial charge in [-0.15, -0.1) is 0 Å². The fraction of sp³-hybridized carbons (Fsp3) is 0.615. The maximum atomic E-state index is 13.8. The highest BCUT2D eigenvalue weighted by Gasteiger charge is 2.36. The van der Waals surface area contributed by atoms with Crippen molar-refractivity contribution < 1.29 is 19.1 Å². The van der Waals surface area contributed by atoms with Crippen LogP contribution < -0.4 is 10.6 Å². The van der Waals surface area contributed by atoms with Gasteiger partial charge in [0.25, 0.3) is 0 Å². The first kappa shape index (κ1) is 30.3. The Bertz CT molecular complexity index is 894. The van der Waals surface area contributed by atoms with E-state index in [1.54, 1.807) is 26.8 Å². The molecule has 9 heteroatoms. The van der Waals surface area contributed by atoms with Crippen molar-refractivity contribution in [3.8, 4) is 6.07 Å². The highest BCUT2D eigenvalue weighted by Crippen LogP contribution is 2.24. The van der Waals surface area contributed by atoms with E-state index in [1.807, 2.05) is 51.3 Å². The lowest BCUT2D eigenvalue weighted by Crippen LogP contribution is -2.53. The molecule has 0 fully saturated rings. The molecule has 0 heterocycles. The first-order valence-corrected chi connectivity index (χ1v) is 13.4. The Morgan fingerprint density at radius 1 is 1.20 bits per heavy atom. The number of ether oxygens (including phenoxy) is 1. The van der Waals surface area contributed by atoms with Gasteiger partial charge in [-0.3, -0.25) is 9.59 Å². The van der Waals surface area contributed by atoms with Gasteiger partial charge in [0, 0.05) is 6.04 Å². The van der Waals surface area contributed by atoms with Crippen molar-refractivity contribution in [2.45, 2.75) is 84.5 Å². The molecule has 35 heavy (non-hydrogen) atoms. The number of hydrogen-bond acceptors (Lipinski definition) is 6. The number of nitrogens with zero attached hydrogens (tertiary/aromatic N) is 2. The molecule has 0 saturated heterocycles. The lowest BCUT2D eigenvalue weighted by molar-refractivity contribution is -0.142. The van der Waals surface area contributed by atoms with E-state index in [4.69, 9.17) is 4.74 Å². The molecule has 3 atom stereocenters. The number of aryl methyl sites for hydroxylation is 1. The number of carbonyl (C=O) groups is 3. The predicted octanol–water partition coefficient (Wildman–Crippen LogP) is 4.34. The Balaban J connectivity index is 3.40. The van der Waals surface area contributed by atoms with E-state index in [-0.39, 0.29) is 18.5 Å². The van der Waals surface area contributed by atoms with Crippen LogP contribution in [0.4, 0.5) is 4.79 Å². The molecule has 1 aromatic rings. The lowest BCUT2D eigenvalue weighted by atomic mass is 10.00. The second kappa shape index (κ2) is 14.6. The maximum Gasteiger partial charge on any atom is 0.408 e. The van der Waals surface area contributed by atoms with Crippen LogP contribution in [0.1, 0.15) is 71.0 Å². The van der Waals surface area contributed by atoms with E-state index in [1.165, 1.54) is 16.7 Å². The summed E-state index contributed by atoms with van der Waals surface area (Å²) in [5.74, 6) is -0.265. The van der Waals surface area contributed by atoms with Gasteiger partial charge in [0.15, 0.2) is 0 Å². The molecule has 0 aliphatic heterocycles. The molecule has 8 nitrogen and oxygen atoms in total. The standard InChI is InChI=1S/C26H40N4O4S/c1-8-10-19(3)28-23(31)22(20-12-9-11-18(2)17-20)30(15-14-27)24(32)21(13-16-35-7)29-25(33)34-26(4,5)6/h9,11-12,17,19,21-22H,8,10,13,15-16H2,1-7H3,(H,28,31)(H,29,33). The predicted molar refractivity (Wildman–Crippen MR) is 140 cm³/mol. The first-order valence-electron chi connectivity index (χ1n) is 12.0. The van der Waals surface area contributed by atoms with Gasteiger partial charge in [0.1, 0.15) is 24.2 Å². The van der Waals surface area contributed by atoms with Crippen molar-refractivity contribution in [3.05, 3.63) is 35.4 Å². The number of nitriles is 1. The number of carbonyl (C=O) groups excluding carboxylic acids is 3. The van der Waals surface area contributed by atoms with E-state index < -0.39 is 29.7 Å². The molecule has 2 N–H and O–H groups in total. The fourth-order valence-electron chi connectivity index (χ4n) is 3.66. The summed E-state index contributed by atoms with van der Waals surface area (Å²) < 4.78 is 5.35. The number of amides is 3. The van der Waals surface area contributed by atoms with Crippen LogP contribution in [0.5, 0.6) is 0 Å². The monoisotopic (exact) mass is 504 g/mol. The summed E-state index contributed by atoms with van der Waals surface area (Å²) in [7, 11) is 0. The van der Waals surface area contributed by atoms with E-state index in [9.17, 15) is 19.6 Å². The molecule has 3 amide bonds. The van der Waals surface area contributed by atoms with Crippen LogP contribution >= 0.6 is 11.8 Å². The topological polar surface area (TPSA) is 112 Å². The molecule has 1 aromatic carbocycles. The highest BCUT2D eigenvalue weighted by atomic mass is 32.2. The summed E-state index contributed by atoms with van der Waals surface area (Å²) in [6, 6.07) is 7.31. The van der Waals surface area contributed by atoms with Gasteiger partial charge in [0.2, 0.25) is 11.8 Å². The second-order valence-electron chi connectivity index (χ2n) is 9.62. The Labute approximate surface area is 214 Å². The van der Waals surface area contributed by atoms with Crippen LogP contribution in [0.15, 0.2) is 24.3 Å². The summed E-state index contributed by atoms with van der Waals surface area (Å²) in [6.07, 6.45) is 3.20. The number of thioether (sulfide) groups is 1. The molecule has 0 aliphatic carbocycles. The molecular weight excluding hydrogens is 464 g/mol. The van der Waals surface area contributed by atoms with Crippen LogP contribution in [0.3, 0.4) is 0 Å². The molecule has 0 saturated carbocycles. The van der Waals surface area contributed by atoms with Crippen molar-refractivity contribution in [1.82, 2.24) is 15.5 Å². The van der Waals surface area contributed by atoms with Crippen LogP contribution in [0.2, 0.25) is 0 Å². The normalized spacial score (nSPS) is 13.7. The Kier molecular flexibility index (Phi) is 12.7. The molecule has 194 valence electrons. The van der Waals surface area contributed by atoms with Gasteiger partial charge in [0.05, 0.1) is 6.07 Å². The largest absolute Gasteiger partial charge is 0.444 e. The molecule has 0 spiro atoms. The van der Waals surface area contributed by atoms with E-state index in [0.29, 0.717) is 17.7 Å². The van der Waals surface area contributed by atoms with Crippen molar-refractivity contribution in [1.29, 1.82) is 5.26 Å². The molecule has 0 radical (unpaired) electrons. The lowest BCUT2D eigenvalue weighted by Gasteiger charge is -2.33. The number of alkyl carbamates (subject to hydrolysis) is 1. The van der Waals surface area contributed by atoms with Gasteiger partial charge >= 0.3 is 6.09 Å². The molecule has 0 aliphatic rings. The summed E-state index contributed by atoms with van der Waals surface area (Å²) >= 11 is 1.53. The van der Waals surface area contributed by atoms with Crippen LogP contribution in [0.25, 0.3) is 0 Å². The van der Waals surface area contributed by atoms with Crippen molar-refractivity contribution in [2.75, 3.05) is 18.6 Å². The third-order valence-corrected chi connectivity index (χ3v) is 5.80. The molecule has 0 bridgehead atoms. The minimum Gasteiger partial charge on any atom is -0.444 e. The van der Waals surface area contributed by atoms with Crippen LogP contribution in [-0.4, -0.2) is 59.0 Å². The Morgan fingerprint density at radius 3 is 2.43 bits per heavy atom. The average molecular weight is 505 g/mol. The Morgan fingerprint density at radius 2 is 1.89 bits per heavy atom. The fourth-order valence-corrected chi connectivity index (χ4v) is 4.13. The third kappa shape index (κ3) is 10.6. The number of rotatable bonds is 12. The number of benzene rings is 1. The average Bonchev–Trinajstić information content (AvgIpc) is 2.74. The summed E-state index contributed by atoms with van der Waals surface area (Å²) in [4.78, 5) is 41.0. The smallest absolute Gasteiger partial charge is 0.408 e. The maximum absolute atomic E-state index is 13.8. The van der Waals surface area contributed by atoms with Gasteiger partial charge in [-0.1, -0.05) is 43.2 Å². The van der Waals surface area contributed by atoms with E-state index in [0.717, 1.165) is 18.4 Å². The van der Waals surface area contributed by atoms with Gasteiger partial charge < -0.3 is 20.3 Å². The van der Waals surface area contributed by atoms with E-state index >= 15 is 0 Å². The quantitative estimate of drug-likeness (QED) is 0.410. The third-order valence-electron chi connectivity index (χ3n) is 5.15. The molecule has 0 aromatic heterocycles. The van der Waals surface area contributed by atoms with Gasteiger partial charge in [-0.25, -0.2) is 4.79 Å². The number of nitrogens with one attached hydrogen (secondary N) is 2. The van der Waals surface area contributed by atoms with Gasteiger partial charge in [-0.2, -0.15) is 17.0 Å². The summed E-state index contributed by atoms with van der Waals surface area (Å²) in [6.45, 7) is 10.8. The highest BCUT2D eigenvalue weighted by molar-refractivity contribution is 7.98.